The molecule has 0 atom stereocenters. The number of carbonyl (C=O) groups is 1. The first kappa shape index (κ1) is 16.8. The molecule has 0 radical (unpaired) electrons. The highest BCUT2D eigenvalue weighted by molar-refractivity contribution is 6.34. The van der Waals surface area contributed by atoms with Crippen molar-refractivity contribution in [3.05, 3.63) is 76.6 Å². The smallest absolute Gasteiger partial charge is 0.253 e. The van der Waals surface area contributed by atoms with E-state index >= 15 is 0 Å². The molecule has 0 aliphatic carbocycles. The third kappa shape index (κ3) is 3.49. The molecule has 0 fully saturated rings. The SMILES string of the molecule is O=C(NCc1cc2n(n1)CCNC2)c1cc(-c2ccccc2)ccc1Cl. The molecule has 0 unspecified atom stereocenters. The lowest BCUT2D eigenvalue weighted by Gasteiger charge is -2.13. The molecule has 0 saturated heterocycles. The minimum atomic E-state index is -0.197. The van der Waals surface area contributed by atoms with Crippen LogP contribution in [0.15, 0.2) is 54.6 Å². The monoisotopic (exact) mass is 366 g/mol. The quantitative estimate of drug-likeness (QED) is 0.745. The fourth-order valence-corrected chi connectivity index (χ4v) is 3.32. The normalized spacial score (nSPS) is 13.3. The Bertz CT molecular complexity index is 913. The van der Waals surface area contributed by atoms with Gasteiger partial charge in [0.05, 0.1) is 35.1 Å². The van der Waals surface area contributed by atoms with Crippen LogP contribution >= 0.6 is 11.6 Å². The van der Waals surface area contributed by atoms with E-state index < -0.39 is 0 Å². The Balaban J connectivity index is 1.50. The van der Waals surface area contributed by atoms with E-state index in [-0.39, 0.29) is 5.91 Å². The van der Waals surface area contributed by atoms with Gasteiger partial charge in [-0.15, -0.1) is 0 Å². The summed E-state index contributed by atoms with van der Waals surface area (Å²) in [4.78, 5) is 12.6. The molecule has 4 rings (SSSR count). The van der Waals surface area contributed by atoms with Crippen LogP contribution in [0, 0.1) is 0 Å². The van der Waals surface area contributed by atoms with Crippen LogP contribution in [0.3, 0.4) is 0 Å². The molecule has 0 spiro atoms. The molecule has 132 valence electrons. The van der Waals surface area contributed by atoms with Gasteiger partial charge in [-0.1, -0.05) is 48.0 Å². The van der Waals surface area contributed by atoms with Gasteiger partial charge in [-0.25, -0.2) is 0 Å². The Labute approximate surface area is 157 Å². The number of rotatable bonds is 4. The van der Waals surface area contributed by atoms with Crippen LogP contribution in [0.25, 0.3) is 11.1 Å². The molecule has 26 heavy (non-hydrogen) atoms. The van der Waals surface area contributed by atoms with Crippen LogP contribution in [-0.2, 0) is 19.6 Å². The second kappa shape index (κ2) is 7.32. The van der Waals surface area contributed by atoms with Gasteiger partial charge >= 0.3 is 0 Å². The van der Waals surface area contributed by atoms with Gasteiger partial charge in [0.25, 0.3) is 5.91 Å². The van der Waals surface area contributed by atoms with E-state index in [1.165, 1.54) is 0 Å². The standard InChI is InChI=1S/C20H19ClN4O/c21-19-7-6-15(14-4-2-1-3-5-14)10-18(19)20(26)23-12-16-11-17-13-22-8-9-25(17)24-16/h1-7,10-11,22H,8-9,12-13H2,(H,23,26). The molecule has 1 aliphatic heterocycles. The molecule has 2 N–H and O–H groups in total. The van der Waals surface area contributed by atoms with E-state index in [0.29, 0.717) is 17.1 Å². The van der Waals surface area contributed by atoms with E-state index in [2.05, 4.69) is 15.7 Å². The molecule has 0 saturated carbocycles. The Kier molecular flexibility index (Phi) is 4.73. The summed E-state index contributed by atoms with van der Waals surface area (Å²) < 4.78 is 1.99. The first-order valence-corrected chi connectivity index (χ1v) is 8.98. The number of hydrogen-bond acceptors (Lipinski definition) is 3. The topological polar surface area (TPSA) is 59.0 Å². The van der Waals surface area contributed by atoms with Gasteiger partial charge in [-0.2, -0.15) is 5.10 Å². The molecule has 3 aromatic rings. The van der Waals surface area contributed by atoms with E-state index in [1.807, 2.05) is 53.2 Å². The van der Waals surface area contributed by atoms with Crippen molar-refractivity contribution < 1.29 is 4.79 Å². The highest BCUT2D eigenvalue weighted by atomic mass is 35.5. The van der Waals surface area contributed by atoms with Gasteiger partial charge in [-0.3, -0.25) is 9.48 Å². The molecule has 5 nitrogen and oxygen atoms in total. The largest absolute Gasteiger partial charge is 0.346 e. The average Bonchev–Trinajstić information content (AvgIpc) is 3.10. The Morgan fingerprint density at radius 3 is 2.81 bits per heavy atom. The number of carbonyl (C=O) groups excluding carboxylic acids is 1. The van der Waals surface area contributed by atoms with Gasteiger partial charge < -0.3 is 10.6 Å². The Morgan fingerprint density at radius 2 is 2.00 bits per heavy atom. The van der Waals surface area contributed by atoms with Crippen LogP contribution in [-0.4, -0.2) is 22.2 Å². The van der Waals surface area contributed by atoms with E-state index in [9.17, 15) is 4.79 Å². The number of amides is 1. The first-order chi connectivity index (χ1) is 12.7. The van der Waals surface area contributed by atoms with Crippen molar-refractivity contribution in [3.8, 4) is 11.1 Å². The summed E-state index contributed by atoms with van der Waals surface area (Å²) in [5.74, 6) is -0.197. The lowest BCUT2D eigenvalue weighted by Crippen LogP contribution is -2.28. The van der Waals surface area contributed by atoms with Gasteiger partial charge in [-0.05, 0) is 29.3 Å². The predicted octanol–water partition coefficient (Wildman–Crippen LogP) is 3.24. The summed E-state index contributed by atoms with van der Waals surface area (Å²) >= 11 is 6.25. The Hall–Kier alpha value is -2.63. The van der Waals surface area contributed by atoms with Crippen LogP contribution in [0.4, 0.5) is 0 Å². The fraction of sp³-hybridized carbons (Fsp3) is 0.200. The highest BCUT2D eigenvalue weighted by Crippen LogP contribution is 2.25. The number of nitrogens with one attached hydrogen (secondary N) is 2. The van der Waals surface area contributed by atoms with Gasteiger partial charge in [0.15, 0.2) is 0 Å². The summed E-state index contributed by atoms with van der Waals surface area (Å²) in [6.45, 7) is 2.97. The number of nitrogens with zero attached hydrogens (tertiary/aromatic N) is 2. The number of benzene rings is 2. The summed E-state index contributed by atoms with van der Waals surface area (Å²) in [6, 6.07) is 17.5. The third-order valence-electron chi connectivity index (χ3n) is 4.47. The van der Waals surface area contributed by atoms with Crippen molar-refractivity contribution in [2.45, 2.75) is 19.6 Å². The summed E-state index contributed by atoms with van der Waals surface area (Å²) in [7, 11) is 0. The van der Waals surface area contributed by atoms with Crippen molar-refractivity contribution >= 4 is 17.5 Å². The van der Waals surface area contributed by atoms with Gasteiger partial charge in [0.1, 0.15) is 0 Å². The summed E-state index contributed by atoms with van der Waals surface area (Å²) in [6.07, 6.45) is 0. The number of halogens is 1. The maximum atomic E-state index is 12.6. The highest BCUT2D eigenvalue weighted by Gasteiger charge is 2.15. The third-order valence-corrected chi connectivity index (χ3v) is 4.80. The minimum absolute atomic E-state index is 0.197. The van der Waals surface area contributed by atoms with Crippen molar-refractivity contribution in [1.82, 2.24) is 20.4 Å². The van der Waals surface area contributed by atoms with Crippen molar-refractivity contribution in [1.29, 1.82) is 0 Å². The predicted molar refractivity (Wildman–Crippen MR) is 102 cm³/mol. The van der Waals surface area contributed by atoms with Crippen molar-refractivity contribution in [3.63, 3.8) is 0 Å². The second-order valence-electron chi connectivity index (χ2n) is 6.27. The minimum Gasteiger partial charge on any atom is -0.346 e. The molecular formula is C20H19ClN4O. The lowest BCUT2D eigenvalue weighted by atomic mass is 10.0. The molecule has 1 aromatic heterocycles. The van der Waals surface area contributed by atoms with Gasteiger partial charge in [0.2, 0.25) is 0 Å². The van der Waals surface area contributed by atoms with Crippen LogP contribution in [0.2, 0.25) is 5.02 Å². The summed E-state index contributed by atoms with van der Waals surface area (Å²) in [5.41, 5.74) is 4.48. The molecule has 6 heteroatoms. The molecule has 2 aromatic carbocycles. The van der Waals surface area contributed by atoms with Crippen LogP contribution in [0.1, 0.15) is 21.7 Å². The molecule has 1 amide bonds. The summed E-state index contributed by atoms with van der Waals surface area (Å²) in [5, 5.41) is 11.2. The zero-order chi connectivity index (χ0) is 17.9. The van der Waals surface area contributed by atoms with Crippen molar-refractivity contribution in [2.24, 2.45) is 0 Å². The van der Waals surface area contributed by atoms with Gasteiger partial charge in [0, 0.05) is 13.1 Å². The average molecular weight is 367 g/mol. The van der Waals surface area contributed by atoms with Crippen molar-refractivity contribution in [2.75, 3.05) is 6.54 Å². The molecular weight excluding hydrogens is 348 g/mol. The van der Waals surface area contributed by atoms with Crippen LogP contribution in [0.5, 0.6) is 0 Å². The number of aromatic nitrogens is 2. The number of hydrogen-bond donors (Lipinski definition) is 2. The molecule has 1 aliphatic rings. The molecule has 0 bridgehead atoms. The maximum Gasteiger partial charge on any atom is 0.253 e. The zero-order valence-electron chi connectivity index (χ0n) is 14.2. The van der Waals surface area contributed by atoms with E-state index in [1.54, 1.807) is 6.07 Å². The van der Waals surface area contributed by atoms with E-state index in [4.69, 9.17) is 11.6 Å². The molecule has 2 heterocycles. The van der Waals surface area contributed by atoms with E-state index in [0.717, 1.165) is 42.1 Å². The Morgan fingerprint density at radius 1 is 1.15 bits per heavy atom. The van der Waals surface area contributed by atoms with Crippen LogP contribution < -0.4 is 10.6 Å². The maximum absolute atomic E-state index is 12.6. The lowest BCUT2D eigenvalue weighted by molar-refractivity contribution is 0.0950. The first-order valence-electron chi connectivity index (χ1n) is 8.60. The second-order valence-corrected chi connectivity index (χ2v) is 6.68. The fourth-order valence-electron chi connectivity index (χ4n) is 3.11. The number of fused-ring (bicyclic) bond motifs is 1. The zero-order valence-corrected chi connectivity index (χ0v) is 15.0.